The molecule has 1 unspecified atom stereocenters. The van der Waals surface area contributed by atoms with Crippen molar-refractivity contribution in [3.05, 3.63) is 75.2 Å². The molecule has 2 aromatic carbocycles. The number of fused-ring (bicyclic) bond motifs is 2. The zero-order valence-corrected chi connectivity index (χ0v) is 33.5. The third kappa shape index (κ3) is 7.39. The van der Waals surface area contributed by atoms with E-state index < -0.39 is 29.7 Å². The predicted molar refractivity (Wildman–Crippen MR) is 219 cm³/mol. The minimum atomic E-state index is -0.970. The molecule has 4 saturated heterocycles. The second-order valence-corrected chi connectivity index (χ2v) is 16.8. The number of carbonyl (C=O) groups excluding carboxylic acids is 5. The Kier molecular flexibility index (Phi) is 10.1. The monoisotopic (exact) mass is 821 g/mol. The number of Topliss-reactive ketones (excluding diaryl/α,β-unsaturated/α-hetero) is 1. The van der Waals surface area contributed by atoms with E-state index in [2.05, 4.69) is 30.3 Å². The Balaban J connectivity index is 0.742. The van der Waals surface area contributed by atoms with Crippen LogP contribution in [0.4, 0.5) is 23.1 Å². The van der Waals surface area contributed by atoms with Crippen LogP contribution in [-0.4, -0.2) is 112 Å². The number of carbonyl (C=O) groups is 5. The zero-order chi connectivity index (χ0) is 41.1. The van der Waals surface area contributed by atoms with Crippen molar-refractivity contribution in [2.75, 3.05) is 67.5 Å². The standard InChI is InChI=1S/C42H44ClN9O7/c1-23(53)22-59-35-14-25-13-28(3-6-33(25)48(2)41(35)58)45-37-32(43)16-44-42(47-37)50-11-9-24(10-12-50)17-49-18-26(19-49)27-20-51(21-27)29-4-5-30-31(15-29)40(57)52(39(30)56)34-7-8-36(54)46-38(34)55/h3-6,13-16,24,26-27,34H,7-12,17-22H2,1-2H3,(H,44,45,47)(H,46,54,55). The Labute approximate surface area is 344 Å². The fourth-order valence-electron chi connectivity index (χ4n) is 8.96. The zero-order valence-electron chi connectivity index (χ0n) is 32.8. The van der Waals surface area contributed by atoms with Gasteiger partial charge in [0.2, 0.25) is 17.8 Å². The van der Waals surface area contributed by atoms with Gasteiger partial charge in [-0.3, -0.25) is 39.0 Å². The number of pyridine rings is 1. The average Bonchev–Trinajstić information content (AvgIpc) is 3.43. The minimum Gasteiger partial charge on any atom is -0.480 e. The molecule has 7 heterocycles. The van der Waals surface area contributed by atoms with E-state index >= 15 is 0 Å². The summed E-state index contributed by atoms with van der Waals surface area (Å²) in [6.07, 6.45) is 3.91. The van der Waals surface area contributed by atoms with E-state index in [-0.39, 0.29) is 36.5 Å². The third-order valence-corrected chi connectivity index (χ3v) is 12.7. The third-order valence-electron chi connectivity index (χ3n) is 12.4. The molecule has 0 radical (unpaired) electrons. The van der Waals surface area contributed by atoms with Crippen molar-refractivity contribution < 1.29 is 28.7 Å². The number of aromatic nitrogens is 3. The molecule has 9 rings (SSSR count). The number of nitrogens with zero attached hydrogens (tertiary/aromatic N) is 7. The van der Waals surface area contributed by atoms with Crippen LogP contribution in [-0.2, 0) is 21.4 Å². The Morgan fingerprint density at radius 3 is 2.41 bits per heavy atom. The fourth-order valence-corrected chi connectivity index (χ4v) is 9.10. The lowest BCUT2D eigenvalue weighted by Gasteiger charge is -2.52. The number of aryl methyl sites for hydroxylation is 1. The van der Waals surface area contributed by atoms with Crippen molar-refractivity contribution >= 4 is 75.1 Å². The largest absolute Gasteiger partial charge is 0.480 e. The quantitative estimate of drug-likeness (QED) is 0.211. The van der Waals surface area contributed by atoms with Crippen LogP contribution in [0.25, 0.3) is 10.9 Å². The van der Waals surface area contributed by atoms with Crippen molar-refractivity contribution in [2.24, 2.45) is 24.8 Å². The predicted octanol–water partition coefficient (Wildman–Crippen LogP) is 3.38. The molecule has 0 spiro atoms. The topological polar surface area (TPSA) is 179 Å². The molecular weight excluding hydrogens is 778 g/mol. The molecule has 4 aromatic rings. The van der Waals surface area contributed by atoms with Gasteiger partial charge in [0.1, 0.15) is 17.7 Å². The van der Waals surface area contributed by atoms with Gasteiger partial charge in [0.15, 0.2) is 17.4 Å². The van der Waals surface area contributed by atoms with Gasteiger partial charge in [0.25, 0.3) is 17.4 Å². The van der Waals surface area contributed by atoms with Crippen LogP contribution < -0.4 is 30.7 Å². The van der Waals surface area contributed by atoms with Crippen molar-refractivity contribution in [1.29, 1.82) is 0 Å². The Morgan fingerprint density at radius 2 is 1.66 bits per heavy atom. The molecule has 4 amide bonds. The number of amides is 4. The van der Waals surface area contributed by atoms with E-state index in [1.807, 2.05) is 24.3 Å². The van der Waals surface area contributed by atoms with Crippen LogP contribution in [0.2, 0.25) is 5.02 Å². The number of anilines is 4. The number of benzene rings is 2. The van der Waals surface area contributed by atoms with E-state index in [1.54, 1.807) is 31.4 Å². The van der Waals surface area contributed by atoms with E-state index in [0.29, 0.717) is 51.2 Å². The highest BCUT2D eigenvalue weighted by atomic mass is 35.5. The first-order valence-electron chi connectivity index (χ1n) is 20.0. The number of ether oxygens (including phenoxy) is 1. The summed E-state index contributed by atoms with van der Waals surface area (Å²) in [5, 5.41) is 6.69. The van der Waals surface area contributed by atoms with Crippen molar-refractivity contribution in [2.45, 2.75) is 38.6 Å². The number of likely N-dealkylation sites (tertiary alicyclic amines) is 1. The molecule has 0 saturated carbocycles. The molecule has 5 aliphatic heterocycles. The van der Waals surface area contributed by atoms with Gasteiger partial charge in [-0.05, 0) is 86.4 Å². The maximum atomic E-state index is 13.3. The summed E-state index contributed by atoms with van der Waals surface area (Å²) in [5.74, 6) is 0.826. The van der Waals surface area contributed by atoms with Crippen LogP contribution in [0.3, 0.4) is 0 Å². The SMILES string of the molecule is CC(=O)COc1cc2cc(Nc3nc(N4CCC(CN5CC(C6CN(c7ccc8c(c7)C(=O)N(C7CCC(=O)NC7=O)C8=O)C6)C5)CC4)ncc3Cl)ccc2n(C)c1=O. The number of imide groups is 2. The number of halogens is 1. The number of nitrogens with one attached hydrogen (secondary N) is 2. The maximum Gasteiger partial charge on any atom is 0.293 e. The van der Waals surface area contributed by atoms with E-state index in [0.717, 1.165) is 80.3 Å². The van der Waals surface area contributed by atoms with Crippen molar-refractivity contribution in [3.8, 4) is 5.75 Å². The Bertz CT molecular complexity index is 2470. The first-order valence-corrected chi connectivity index (χ1v) is 20.4. The average molecular weight is 822 g/mol. The molecule has 306 valence electrons. The molecule has 59 heavy (non-hydrogen) atoms. The van der Waals surface area contributed by atoms with Crippen LogP contribution in [0, 0.1) is 17.8 Å². The number of ketones is 1. The first-order chi connectivity index (χ1) is 28.4. The summed E-state index contributed by atoms with van der Waals surface area (Å²) in [6.45, 7) is 7.91. The molecule has 5 aliphatic rings. The number of piperidine rings is 2. The molecule has 17 heteroatoms. The Morgan fingerprint density at radius 1 is 0.915 bits per heavy atom. The second-order valence-electron chi connectivity index (χ2n) is 16.4. The lowest BCUT2D eigenvalue weighted by molar-refractivity contribution is -0.136. The minimum absolute atomic E-state index is 0.0918. The molecule has 2 aromatic heterocycles. The van der Waals surface area contributed by atoms with Gasteiger partial charge < -0.3 is 29.3 Å². The summed E-state index contributed by atoms with van der Waals surface area (Å²) in [5.41, 5.74) is 2.63. The summed E-state index contributed by atoms with van der Waals surface area (Å²) in [4.78, 5) is 91.9. The lowest BCUT2D eigenvalue weighted by atomic mass is 9.79. The van der Waals surface area contributed by atoms with Gasteiger partial charge in [-0.25, -0.2) is 4.98 Å². The highest BCUT2D eigenvalue weighted by Gasteiger charge is 2.46. The highest BCUT2D eigenvalue weighted by molar-refractivity contribution is 6.33. The molecule has 1 atom stereocenters. The fraction of sp³-hybridized carbons (Fsp3) is 0.429. The van der Waals surface area contributed by atoms with Gasteiger partial charge in [-0.15, -0.1) is 0 Å². The van der Waals surface area contributed by atoms with Gasteiger partial charge in [0.05, 0.1) is 22.8 Å². The Hall–Kier alpha value is -5.87. The van der Waals surface area contributed by atoms with Gasteiger partial charge in [-0.2, -0.15) is 4.98 Å². The van der Waals surface area contributed by atoms with Crippen LogP contribution in [0.15, 0.2) is 53.5 Å². The summed E-state index contributed by atoms with van der Waals surface area (Å²) in [7, 11) is 1.66. The number of rotatable bonds is 11. The normalized spacial score (nSPS) is 20.5. The molecule has 0 aliphatic carbocycles. The van der Waals surface area contributed by atoms with Gasteiger partial charge >= 0.3 is 0 Å². The number of hydrogen-bond acceptors (Lipinski definition) is 13. The molecule has 4 fully saturated rings. The lowest BCUT2D eigenvalue weighted by Crippen LogP contribution is -2.60. The van der Waals surface area contributed by atoms with E-state index in [1.165, 1.54) is 11.5 Å². The maximum absolute atomic E-state index is 13.3. The van der Waals surface area contributed by atoms with E-state index in [4.69, 9.17) is 21.3 Å². The summed E-state index contributed by atoms with van der Waals surface area (Å²) < 4.78 is 6.97. The van der Waals surface area contributed by atoms with Crippen LogP contribution in [0.5, 0.6) is 5.75 Å². The molecule has 0 bridgehead atoms. The molecule has 2 N–H and O–H groups in total. The van der Waals surface area contributed by atoms with Gasteiger partial charge in [0, 0.05) is 76.0 Å². The van der Waals surface area contributed by atoms with Crippen LogP contribution in [0.1, 0.15) is 53.3 Å². The van der Waals surface area contributed by atoms with Crippen molar-refractivity contribution in [1.82, 2.24) is 29.7 Å². The highest BCUT2D eigenvalue weighted by Crippen LogP contribution is 2.38. The van der Waals surface area contributed by atoms with Crippen molar-refractivity contribution in [3.63, 3.8) is 0 Å². The van der Waals surface area contributed by atoms with Gasteiger partial charge in [-0.1, -0.05) is 11.6 Å². The first kappa shape index (κ1) is 38.6. The second kappa shape index (κ2) is 15.4. The smallest absolute Gasteiger partial charge is 0.293 e. The van der Waals surface area contributed by atoms with E-state index in [9.17, 15) is 28.8 Å². The summed E-state index contributed by atoms with van der Waals surface area (Å²) in [6, 6.07) is 11.6. The molecule has 16 nitrogen and oxygen atoms in total. The molecular formula is C42H44ClN9O7. The van der Waals surface area contributed by atoms with Crippen LogP contribution >= 0.6 is 11.6 Å². The summed E-state index contributed by atoms with van der Waals surface area (Å²) >= 11 is 6.55. The number of hydrogen-bond donors (Lipinski definition) is 2.